The molecule has 1 N–H and O–H groups in total. The van der Waals surface area contributed by atoms with E-state index < -0.39 is 0 Å². The van der Waals surface area contributed by atoms with E-state index in [0.29, 0.717) is 28.0 Å². The Morgan fingerprint density at radius 3 is 2.81 bits per heavy atom. The molecule has 2 atom stereocenters. The molecule has 166 valence electrons. The highest BCUT2D eigenvalue weighted by Gasteiger charge is 2.39. The van der Waals surface area contributed by atoms with Crippen LogP contribution < -0.4 is 15.1 Å². The van der Waals surface area contributed by atoms with Crippen LogP contribution in [-0.2, 0) is 4.74 Å². The average molecular weight is 453 g/mol. The monoisotopic (exact) mass is 452 g/mol. The van der Waals surface area contributed by atoms with Crippen LogP contribution in [0.3, 0.4) is 0 Å². The van der Waals surface area contributed by atoms with E-state index >= 15 is 0 Å². The molecule has 0 radical (unpaired) electrons. The van der Waals surface area contributed by atoms with E-state index in [1.165, 1.54) is 19.3 Å². The van der Waals surface area contributed by atoms with E-state index in [0.717, 1.165) is 44.2 Å². The number of halogens is 1. The van der Waals surface area contributed by atoms with Crippen molar-refractivity contribution < 1.29 is 9.53 Å². The van der Waals surface area contributed by atoms with Crippen LogP contribution >= 0.6 is 11.6 Å². The molecule has 9 heteroatoms. The second-order valence-corrected chi connectivity index (χ2v) is 9.18. The second-order valence-electron chi connectivity index (χ2n) is 8.78. The summed E-state index contributed by atoms with van der Waals surface area (Å²) in [5.41, 5.74) is 2.63. The Morgan fingerprint density at radius 2 is 2.06 bits per heavy atom. The number of hydrogen-bond acceptors (Lipinski definition) is 6. The molecule has 5 heterocycles. The summed E-state index contributed by atoms with van der Waals surface area (Å²) in [6, 6.07) is 8.12. The van der Waals surface area contributed by atoms with Crippen LogP contribution in [0.2, 0.25) is 5.02 Å². The van der Waals surface area contributed by atoms with Gasteiger partial charge in [-0.15, -0.1) is 0 Å². The van der Waals surface area contributed by atoms with Crippen molar-refractivity contribution in [1.29, 1.82) is 0 Å². The van der Waals surface area contributed by atoms with Crippen LogP contribution in [0.15, 0.2) is 36.7 Å². The fourth-order valence-electron chi connectivity index (χ4n) is 5.00. The average Bonchev–Trinajstić information content (AvgIpc) is 3.56. The van der Waals surface area contributed by atoms with Crippen LogP contribution in [0.1, 0.15) is 36.0 Å². The number of aromatic nitrogens is 3. The van der Waals surface area contributed by atoms with Gasteiger partial charge in [-0.25, -0.2) is 9.50 Å². The van der Waals surface area contributed by atoms with Crippen LogP contribution in [0.4, 0.5) is 17.2 Å². The van der Waals surface area contributed by atoms with Gasteiger partial charge in [-0.1, -0.05) is 11.6 Å². The van der Waals surface area contributed by atoms with Gasteiger partial charge in [0.25, 0.3) is 5.91 Å². The predicted molar refractivity (Wildman–Crippen MR) is 124 cm³/mol. The number of nitrogens with one attached hydrogen (secondary N) is 1. The second kappa shape index (κ2) is 7.94. The molecule has 3 aliphatic rings. The maximum Gasteiger partial charge on any atom is 0.261 e. The van der Waals surface area contributed by atoms with Gasteiger partial charge in [0.05, 0.1) is 35.7 Å². The summed E-state index contributed by atoms with van der Waals surface area (Å²) in [4.78, 5) is 22.5. The maximum atomic E-state index is 13.1. The fraction of sp³-hybridized carbons (Fsp3) is 0.435. The Bertz CT molecular complexity index is 1170. The summed E-state index contributed by atoms with van der Waals surface area (Å²) in [5.74, 6) is 0.579. The first-order valence-electron chi connectivity index (χ1n) is 11.2. The number of amides is 1. The van der Waals surface area contributed by atoms with Crippen LogP contribution in [0.25, 0.3) is 5.65 Å². The summed E-state index contributed by atoms with van der Waals surface area (Å²) in [7, 11) is 0. The third-order valence-corrected chi connectivity index (χ3v) is 7.03. The summed E-state index contributed by atoms with van der Waals surface area (Å²) in [5, 5.41) is 7.77. The standard InChI is InChI=1S/C23H25ClN6O2/c24-19-11-15(28-7-2-1-3-8-28)4-5-20(19)26-23(31)18-12-25-30-9-6-21(27-22(18)30)29-13-17-10-16(29)14-32-17/h4-6,9,11-12,16-17H,1-3,7-8,10,13-14H2,(H,26,31)/t16-,17?/m1/s1. The van der Waals surface area contributed by atoms with Gasteiger partial charge in [-0.05, 0) is 49.9 Å². The zero-order valence-electron chi connectivity index (χ0n) is 17.7. The number of carbonyl (C=O) groups excluding carboxylic acids is 1. The molecule has 0 saturated carbocycles. The molecule has 3 aliphatic heterocycles. The minimum atomic E-state index is -0.274. The molecule has 32 heavy (non-hydrogen) atoms. The Morgan fingerprint density at radius 1 is 1.19 bits per heavy atom. The van der Waals surface area contributed by atoms with Gasteiger partial charge in [0, 0.05) is 31.5 Å². The third kappa shape index (κ3) is 3.47. The first kappa shape index (κ1) is 19.8. The predicted octanol–water partition coefficient (Wildman–Crippen LogP) is 3.60. The third-order valence-electron chi connectivity index (χ3n) is 6.72. The van der Waals surface area contributed by atoms with Crippen molar-refractivity contribution in [3.63, 3.8) is 0 Å². The normalized spacial score (nSPS) is 22.7. The van der Waals surface area contributed by atoms with Crippen molar-refractivity contribution in [2.24, 2.45) is 0 Å². The van der Waals surface area contributed by atoms with Gasteiger partial charge >= 0.3 is 0 Å². The molecule has 8 nitrogen and oxygen atoms in total. The molecular formula is C23H25ClN6O2. The molecule has 1 unspecified atom stereocenters. The van der Waals surface area contributed by atoms with E-state index in [2.05, 4.69) is 20.2 Å². The minimum absolute atomic E-state index is 0.274. The lowest BCUT2D eigenvalue weighted by molar-refractivity contribution is 0.0988. The van der Waals surface area contributed by atoms with E-state index in [9.17, 15) is 4.79 Å². The number of piperidine rings is 1. The summed E-state index contributed by atoms with van der Waals surface area (Å²) >= 11 is 6.52. The van der Waals surface area contributed by atoms with Crippen LogP contribution in [0, 0.1) is 0 Å². The van der Waals surface area contributed by atoms with Gasteiger partial charge in [0.1, 0.15) is 11.4 Å². The summed E-state index contributed by atoms with van der Waals surface area (Å²) < 4.78 is 7.33. The lowest BCUT2D eigenvalue weighted by Crippen LogP contribution is -2.37. The quantitative estimate of drug-likeness (QED) is 0.652. The highest BCUT2D eigenvalue weighted by atomic mass is 35.5. The van der Waals surface area contributed by atoms with Gasteiger partial charge in [0.15, 0.2) is 5.65 Å². The van der Waals surface area contributed by atoms with Crippen LogP contribution in [0.5, 0.6) is 0 Å². The number of hydrogen-bond donors (Lipinski definition) is 1. The summed E-state index contributed by atoms with van der Waals surface area (Å²) in [6.45, 7) is 3.66. The Balaban J connectivity index is 1.23. The van der Waals surface area contributed by atoms with Crippen LogP contribution in [-0.4, -0.2) is 58.9 Å². The van der Waals surface area contributed by atoms with E-state index in [1.54, 1.807) is 10.7 Å². The molecule has 1 amide bonds. The Labute approximate surface area is 191 Å². The van der Waals surface area contributed by atoms with Crippen molar-refractivity contribution in [2.45, 2.75) is 37.8 Å². The fourth-order valence-corrected chi connectivity index (χ4v) is 5.23. The van der Waals surface area contributed by atoms with Gasteiger partial charge in [0.2, 0.25) is 0 Å². The van der Waals surface area contributed by atoms with Crippen molar-refractivity contribution in [3.8, 4) is 0 Å². The number of fused-ring (bicyclic) bond motifs is 3. The highest BCUT2D eigenvalue weighted by molar-refractivity contribution is 6.34. The lowest BCUT2D eigenvalue weighted by atomic mass is 10.1. The lowest BCUT2D eigenvalue weighted by Gasteiger charge is -2.29. The molecule has 0 aliphatic carbocycles. The molecule has 0 spiro atoms. The number of nitrogens with zero attached hydrogens (tertiary/aromatic N) is 5. The molecule has 3 saturated heterocycles. The highest BCUT2D eigenvalue weighted by Crippen LogP contribution is 2.32. The van der Waals surface area contributed by atoms with E-state index in [4.69, 9.17) is 21.3 Å². The molecule has 6 rings (SSSR count). The Hall–Kier alpha value is -2.84. The Kier molecular flexibility index (Phi) is 4.91. The van der Waals surface area contributed by atoms with E-state index in [-0.39, 0.29) is 12.0 Å². The number of morpholine rings is 1. The summed E-state index contributed by atoms with van der Waals surface area (Å²) in [6.07, 6.45) is 8.39. The smallest absolute Gasteiger partial charge is 0.261 e. The van der Waals surface area contributed by atoms with Gasteiger partial charge in [-0.3, -0.25) is 4.79 Å². The number of ether oxygens (including phenoxy) is 1. The van der Waals surface area contributed by atoms with Crippen molar-refractivity contribution in [3.05, 3.63) is 47.2 Å². The zero-order valence-corrected chi connectivity index (χ0v) is 18.5. The molecule has 2 bridgehead atoms. The first-order chi connectivity index (χ1) is 15.7. The van der Waals surface area contributed by atoms with Gasteiger partial charge < -0.3 is 19.9 Å². The topological polar surface area (TPSA) is 75.0 Å². The minimum Gasteiger partial charge on any atom is -0.374 e. The number of benzene rings is 1. The molecule has 1 aromatic carbocycles. The number of anilines is 3. The number of carbonyl (C=O) groups is 1. The zero-order chi connectivity index (χ0) is 21.7. The molecule has 2 aromatic heterocycles. The largest absolute Gasteiger partial charge is 0.374 e. The maximum absolute atomic E-state index is 13.1. The molecule has 3 aromatic rings. The van der Waals surface area contributed by atoms with Gasteiger partial charge in [-0.2, -0.15) is 5.10 Å². The number of rotatable bonds is 4. The van der Waals surface area contributed by atoms with Crippen molar-refractivity contribution in [1.82, 2.24) is 14.6 Å². The van der Waals surface area contributed by atoms with Crippen molar-refractivity contribution >= 4 is 40.3 Å². The molecular weight excluding hydrogens is 428 g/mol. The SMILES string of the molecule is O=C(Nc1ccc(N2CCCCC2)cc1Cl)c1cnn2ccc(N3CC4C[C@@H]3CO4)nc12. The van der Waals surface area contributed by atoms with E-state index in [1.807, 2.05) is 30.5 Å². The first-order valence-corrected chi connectivity index (χ1v) is 11.6. The molecule has 3 fully saturated rings. The van der Waals surface area contributed by atoms with Crippen molar-refractivity contribution in [2.75, 3.05) is 41.4 Å².